The molecule has 0 saturated heterocycles. The molecule has 0 bridgehead atoms. The second-order valence-corrected chi connectivity index (χ2v) is 5.10. The largest absolute Gasteiger partial charge is 0.306 e. The lowest BCUT2D eigenvalue weighted by molar-refractivity contribution is -0.385. The van der Waals surface area contributed by atoms with Crippen LogP contribution in [0.15, 0.2) is 30.5 Å². The molecule has 1 aromatic heterocycles. The Morgan fingerprint density at radius 1 is 1.24 bits per heavy atom. The molecule has 2 rings (SSSR count). The number of carbonyl (C=O) groups excluding carboxylic acids is 1. The average Bonchev–Trinajstić information content (AvgIpc) is 2.39. The van der Waals surface area contributed by atoms with Crippen molar-refractivity contribution in [3.05, 3.63) is 61.7 Å². The molecule has 6 nitrogen and oxygen atoms in total. The van der Waals surface area contributed by atoms with Crippen molar-refractivity contribution in [3.63, 3.8) is 0 Å². The van der Waals surface area contributed by atoms with Gasteiger partial charge in [0.05, 0.1) is 4.92 Å². The molecule has 1 heterocycles. The zero-order valence-electron chi connectivity index (χ0n) is 10.8. The molecule has 108 valence electrons. The number of benzene rings is 1. The first-order valence-electron chi connectivity index (χ1n) is 5.75. The predicted octanol–water partition coefficient (Wildman–Crippen LogP) is 3.86. The number of carbonyl (C=O) groups is 1. The van der Waals surface area contributed by atoms with Gasteiger partial charge in [0.1, 0.15) is 12.0 Å². The van der Waals surface area contributed by atoms with Gasteiger partial charge in [0, 0.05) is 21.7 Å². The number of rotatable bonds is 3. The zero-order chi connectivity index (χ0) is 15.6. The first-order valence-corrected chi connectivity index (χ1v) is 6.51. The summed E-state index contributed by atoms with van der Waals surface area (Å²) in [5, 5.41) is 13.9. The van der Waals surface area contributed by atoms with Crippen molar-refractivity contribution < 1.29 is 9.72 Å². The van der Waals surface area contributed by atoms with Crippen molar-refractivity contribution in [2.45, 2.75) is 6.92 Å². The molecule has 0 atom stereocenters. The standard InChI is InChI=1S/C13H9Cl2N3O3/c1-7-2-11(18(20)21)6-16-12(7)17-13(19)8-3-9(14)5-10(15)4-8/h2-6H,1H3,(H,16,17,19). The quantitative estimate of drug-likeness (QED) is 0.685. The van der Waals surface area contributed by atoms with Gasteiger partial charge in [-0.15, -0.1) is 0 Å². The van der Waals surface area contributed by atoms with Crippen LogP contribution in [0.1, 0.15) is 15.9 Å². The van der Waals surface area contributed by atoms with Crippen LogP contribution in [-0.4, -0.2) is 15.8 Å². The van der Waals surface area contributed by atoms with Crippen LogP contribution in [0.25, 0.3) is 0 Å². The third kappa shape index (κ3) is 3.68. The Labute approximate surface area is 129 Å². The number of aryl methyl sites for hydroxylation is 1. The van der Waals surface area contributed by atoms with Crippen molar-refractivity contribution in [1.29, 1.82) is 0 Å². The molecule has 1 aromatic carbocycles. The zero-order valence-corrected chi connectivity index (χ0v) is 12.3. The molecular formula is C13H9Cl2N3O3. The summed E-state index contributed by atoms with van der Waals surface area (Å²) in [5.41, 5.74) is 0.606. The minimum absolute atomic E-state index is 0.142. The third-order valence-electron chi connectivity index (χ3n) is 2.63. The fraction of sp³-hybridized carbons (Fsp3) is 0.0769. The molecule has 0 unspecified atom stereocenters. The first kappa shape index (κ1) is 15.2. The lowest BCUT2D eigenvalue weighted by Crippen LogP contribution is -2.14. The van der Waals surface area contributed by atoms with Gasteiger partial charge < -0.3 is 5.32 Å². The molecule has 0 aliphatic carbocycles. The molecule has 0 aliphatic rings. The van der Waals surface area contributed by atoms with E-state index >= 15 is 0 Å². The van der Waals surface area contributed by atoms with E-state index in [9.17, 15) is 14.9 Å². The van der Waals surface area contributed by atoms with Crippen LogP contribution in [0.2, 0.25) is 10.0 Å². The number of nitrogens with one attached hydrogen (secondary N) is 1. The van der Waals surface area contributed by atoms with E-state index in [0.29, 0.717) is 15.6 Å². The number of nitro groups is 1. The maximum atomic E-state index is 12.1. The number of anilines is 1. The molecule has 0 saturated carbocycles. The summed E-state index contributed by atoms with van der Waals surface area (Å²) in [6, 6.07) is 5.76. The van der Waals surface area contributed by atoms with Crippen LogP contribution in [0.4, 0.5) is 11.5 Å². The fourth-order valence-electron chi connectivity index (χ4n) is 1.66. The van der Waals surface area contributed by atoms with Gasteiger partial charge in [-0.3, -0.25) is 14.9 Å². The summed E-state index contributed by atoms with van der Waals surface area (Å²) in [7, 11) is 0. The van der Waals surface area contributed by atoms with E-state index in [1.54, 1.807) is 6.92 Å². The molecule has 0 radical (unpaired) electrons. The summed E-state index contributed by atoms with van der Waals surface area (Å²) in [4.78, 5) is 26.0. The van der Waals surface area contributed by atoms with Gasteiger partial charge in [0.2, 0.25) is 0 Å². The van der Waals surface area contributed by atoms with Crippen molar-refractivity contribution >= 4 is 40.6 Å². The van der Waals surface area contributed by atoms with Crippen molar-refractivity contribution in [3.8, 4) is 0 Å². The SMILES string of the molecule is Cc1cc([N+](=O)[O-])cnc1NC(=O)c1cc(Cl)cc(Cl)c1. The van der Waals surface area contributed by atoms with E-state index in [1.165, 1.54) is 24.3 Å². The highest BCUT2D eigenvalue weighted by Gasteiger charge is 2.13. The summed E-state index contributed by atoms with van der Waals surface area (Å²) < 4.78 is 0. The fourth-order valence-corrected chi connectivity index (χ4v) is 2.18. The molecule has 1 N–H and O–H groups in total. The van der Waals surface area contributed by atoms with Crippen LogP contribution in [0.5, 0.6) is 0 Å². The Balaban J connectivity index is 2.25. The highest BCUT2D eigenvalue weighted by molar-refractivity contribution is 6.35. The van der Waals surface area contributed by atoms with E-state index < -0.39 is 10.8 Å². The van der Waals surface area contributed by atoms with Crippen LogP contribution in [-0.2, 0) is 0 Å². The van der Waals surface area contributed by atoms with Crippen LogP contribution >= 0.6 is 23.2 Å². The molecule has 0 spiro atoms. The minimum atomic E-state index is -0.553. The number of hydrogen-bond donors (Lipinski definition) is 1. The van der Waals surface area contributed by atoms with Gasteiger partial charge in [-0.25, -0.2) is 4.98 Å². The number of halogens is 2. The van der Waals surface area contributed by atoms with E-state index in [2.05, 4.69) is 10.3 Å². The molecular weight excluding hydrogens is 317 g/mol. The molecule has 0 aliphatic heterocycles. The summed E-state index contributed by atoms with van der Waals surface area (Å²) in [6.45, 7) is 1.61. The number of amides is 1. The van der Waals surface area contributed by atoms with Crippen LogP contribution < -0.4 is 5.32 Å². The summed E-state index contributed by atoms with van der Waals surface area (Å²) >= 11 is 11.7. The highest BCUT2D eigenvalue weighted by atomic mass is 35.5. The summed E-state index contributed by atoms with van der Waals surface area (Å²) in [6.07, 6.45) is 1.08. The predicted molar refractivity (Wildman–Crippen MR) is 80.0 cm³/mol. The molecule has 0 fully saturated rings. The monoisotopic (exact) mass is 325 g/mol. The number of aromatic nitrogens is 1. The Morgan fingerprint density at radius 2 is 1.86 bits per heavy atom. The molecule has 21 heavy (non-hydrogen) atoms. The average molecular weight is 326 g/mol. The van der Waals surface area contributed by atoms with Crippen molar-refractivity contribution in [1.82, 2.24) is 4.98 Å². The van der Waals surface area contributed by atoms with E-state index in [0.717, 1.165) is 6.20 Å². The lowest BCUT2D eigenvalue weighted by Gasteiger charge is -2.07. The Bertz CT molecular complexity index is 714. The first-order chi connectivity index (χ1) is 9.86. The molecule has 1 amide bonds. The van der Waals surface area contributed by atoms with Gasteiger partial charge in [-0.05, 0) is 30.7 Å². The highest BCUT2D eigenvalue weighted by Crippen LogP contribution is 2.21. The van der Waals surface area contributed by atoms with Crippen molar-refractivity contribution in [2.24, 2.45) is 0 Å². The van der Waals surface area contributed by atoms with E-state index in [1.807, 2.05) is 0 Å². The Hall–Kier alpha value is -2.18. The van der Waals surface area contributed by atoms with Gasteiger partial charge in [-0.1, -0.05) is 23.2 Å². The van der Waals surface area contributed by atoms with Gasteiger partial charge in [-0.2, -0.15) is 0 Å². The Morgan fingerprint density at radius 3 is 2.38 bits per heavy atom. The second kappa shape index (κ2) is 6.07. The van der Waals surface area contributed by atoms with E-state index in [-0.39, 0.29) is 17.1 Å². The topological polar surface area (TPSA) is 85.1 Å². The van der Waals surface area contributed by atoms with Crippen molar-refractivity contribution in [2.75, 3.05) is 5.32 Å². The second-order valence-electron chi connectivity index (χ2n) is 4.23. The molecule has 8 heteroatoms. The number of pyridine rings is 1. The number of hydrogen-bond acceptors (Lipinski definition) is 4. The maximum Gasteiger partial charge on any atom is 0.287 e. The normalized spacial score (nSPS) is 10.2. The van der Waals surface area contributed by atoms with Gasteiger partial charge >= 0.3 is 0 Å². The Kier molecular flexibility index (Phi) is 4.40. The molecule has 2 aromatic rings. The minimum Gasteiger partial charge on any atom is -0.306 e. The van der Waals surface area contributed by atoms with Crippen LogP contribution in [0, 0.1) is 17.0 Å². The van der Waals surface area contributed by atoms with Crippen LogP contribution in [0.3, 0.4) is 0 Å². The maximum absolute atomic E-state index is 12.1. The van der Waals surface area contributed by atoms with E-state index in [4.69, 9.17) is 23.2 Å². The smallest absolute Gasteiger partial charge is 0.287 e. The summed E-state index contributed by atoms with van der Waals surface area (Å²) in [5.74, 6) is -0.217. The lowest BCUT2D eigenvalue weighted by atomic mass is 10.2. The third-order valence-corrected chi connectivity index (χ3v) is 3.07. The number of nitrogens with zero attached hydrogens (tertiary/aromatic N) is 2. The van der Waals surface area contributed by atoms with Gasteiger partial charge in [0.15, 0.2) is 0 Å². The van der Waals surface area contributed by atoms with Gasteiger partial charge in [0.25, 0.3) is 11.6 Å².